The third kappa shape index (κ3) is 1.42. The lowest BCUT2D eigenvalue weighted by atomic mass is 10.2. The highest BCUT2D eigenvalue weighted by atomic mass is 35.5. The fraction of sp³-hybridized carbons (Fsp3) is 0.111. The number of aromatic nitrogens is 3. The minimum Gasteiger partial charge on any atom is -0.281 e. The Morgan fingerprint density at radius 3 is 2.77 bits per heavy atom. The van der Waals surface area contributed by atoms with E-state index in [-0.39, 0.29) is 0 Å². The maximum absolute atomic E-state index is 5.90. The molecule has 0 fully saturated rings. The highest BCUT2D eigenvalue weighted by Crippen LogP contribution is 2.26. The molecule has 0 saturated carbocycles. The Morgan fingerprint density at radius 2 is 2.23 bits per heavy atom. The van der Waals surface area contributed by atoms with Crippen molar-refractivity contribution < 1.29 is 0 Å². The molecule has 2 rings (SSSR count). The number of pyridine rings is 1. The number of H-pyrrole nitrogens is 1. The molecule has 0 saturated heterocycles. The van der Waals surface area contributed by atoms with Gasteiger partial charge in [-0.3, -0.25) is 10.1 Å². The molecule has 0 atom stereocenters. The molecule has 2 aromatic heterocycles. The van der Waals surface area contributed by atoms with Crippen molar-refractivity contribution >= 4 is 11.6 Å². The first-order chi connectivity index (χ1) is 6.29. The van der Waals surface area contributed by atoms with E-state index in [9.17, 15) is 0 Å². The fourth-order valence-corrected chi connectivity index (χ4v) is 1.49. The third-order valence-corrected chi connectivity index (χ3v) is 2.10. The first kappa shape index (κ1) is 8.26. The topological polar surface area (TPSA) is 41.6 Å². The number of rotatable bonds is 1. The molecular weight excluding hydrogens is 186 g/mol. The molecule has 66 valence electrons. The molecular formula is C9H8ClN3. The van der Waals surface area contributed by atoms with Crippen LogP contribution in [0.2, 0.25) is 5.15 Å². The standard InChI is InChI=1S/C9H8ClN3/c1-6-8(9(10)13-12-6)7-4-2-3-5-11-7/h2-5H,1H3,(H,12,13). The third-order valence-electron chi connectivity index (χ3n) is 1.82. The number of aryl methyl sites for hydroxylation is 1. The molecule has 13 heavy (non-hydrogen) atoms. The lowest BCUT2D eigenvalue weighted by Crippen LogP contribution is -1.82. The predicted octanol–water partition coefficient (Wildman–Crippen LogP) is 2.43. The average Bonchev–Trinajstić information content (AvgIpc) is 2.48. The van der Waals surface area contributed by atoms with E-state index in [0.717, 1.165) is 17.0 Å². The molecule has 0 bridgehead atoms. The van der Waals surface area contributed by atoms with Crippen LogP contribution in [-0.2, 0) is 0 Å². The highest BCUT2D eigenvalue weighted by Gasteiger charge is 2.10. The molecule has 0 aliphatic carbocycles. The van der Waals surface area contributed by atoms with Gasteiger partial charge >= 0.3 is 0 Å². The quantitative estimate of drug-likeness (QED) is 0.756. The van der Waals surface area contributed by atoms with Crippen molar-refractivity contribution in [1.82, 2.24) is 15.2 Å². The second kappa shape index (κ2) is 3.18. The van der Waals surface area contributed by atoms with Crippen LogP contribution in [0.4, 0.5) is 0 Å². The predicted molar refractivity (Wildman–Crippen MR) is 51.6 cm³/mol. The Kier molecular flexibility index (Phi) is 2.02. The normalized spacial score (nSPS) is 10.3. The van der Waals surface area contributed by atoms with Crippen LogP contribution in [0.3, 0.4) is 0 Å². The lowest BCUT2D eigenvalue weighted by molar-refractivity contribution is 1.05. The summed E-state index contributed by atoms with van der Waals surface area (Å²) in [6.07, 6.45) is 1.73. The molecule has 2 aromatic rings. The van der Waals surface area contributed by atoms with Crippen LogP contribution in [-0.4, -0.2) is 15.2 Å². The monoisotopic (exact) mass is 193 g/mol. The smallest absolute Gasteiger partial charge is 0.160 e. The van der Waals surface area contributed by atoms with Gasteiger partial charge in [-0.05, 0) is 19.1 Å². The number of nitrogens with zero attached hydrogens (tertiary/aromatic N) is 2. The van der Waals surface area contributed by atoms with Crippen molar-refractivity contribution in [2.24, 2.45) is 0 Å². The molecule has 0 aromatic carbocycles. The van der Waals surface area contributed by atoms with E-state index in [0.29, 0.717) is 5.15 Å². The van der Waals surface area contributed by atoms with Gasteiger partial charge in [-0.1, -0.05) is 17.7 Å². The Hall–Kier alpha value is -1.35. The maximum Gasteiger partial charge on any atom is 0.160 e. The second-order valence-corrected chi connectivity index (χ2v) is 3.09. The van der Waals surface area contributed by atoms with Crippen LogP contribution in [0.25, 0.3) is 11.3 Å². The van der Waals surface area contributed by atoms with E-state index < -0.39 is 0 Å². The van der Waals surface area contributed by atoms with E-state index in [1.807, 2.05) is 25.1 Å². The Bertz CT molecular complexity index is 389. The summed E-state index contributed by atoms with van der Waals surface area (Å²) in [5.41, 5.74) is 2.66. The van der Waals surface area contributed by atoms with Crippen molar-refractivity contribution in [3.63, 3.8) is 0 Å². The molecule has 0 aliphatic heterocycles. The second-order valence-electron chi connectivity index (χ2n) is 2.73. The van der Waals surface area contributed by atoms with Crippen LogP contribution >= 0.6 is 11.6 Å². The zero-order chi connectivity index (χ0) is 9.26. The lowest BCUT2D eigenvalue weighted by Gasteiger charge is -1.97. The summed E-state index contributed by atoms with van der Waals surface area (Å²) in [5.74, 6) is 0. The largest absolute Gasteiger partial charge is 0.281 e. The van der Waals surface area contributed by atoms with Gasteiger partial charge in [0.05, 0.1) is 11.3 Å². The van der Waals surface area contributed by atoms with Gasteiger partial charge in [-0.2, -0.15) is 5.10 Å². The van der Waals surface area contributed by atoms with Crippen molar-refractivity contribution in [2.75, 3.05) is 0 Å². The first-order valence-corrected chi connectivity index (χ1v) is 4.28. The summed E-state index contributed by atoms with van der Waals surface area (Å²) in [6, 6.07) is 5.70. The molecule has 0 amide bonds. The van der Waals surface area contributed by atoms with E-state index in [2.05, 4.69) is 15.2 Å². The van der Waals surface area contributed by atoms with E-state index in [4.69, 9.17) is 11.6 Å². The van der Waals surface area contributed by atoms with Gasteiger partial charge in [0.2, 0.25) is 0 Å². The number of nitrogens with one attached hydrogen (secondary N) is 1. The molecule has 2 heterocycles. The van der Waals surface area contributed by atoms with Crippen molar-refractivity contribution in [1.29, 1.82) is 0 Å². The van der Waals surface area contributed by atoms with Crippen LogP contribution in [0, 0.1) is 6.92 Å². The van der Waals surface area contributed by atoms with E-state index in [1.165, 1.54) is 0 Å². The zero-order valence-corrected chi connectivity index (χ0v) is 7.84. The minimum atomic E-state index is 0.469. The van der Waals surface area contributed by atoms with Crippen molar-refractivity contribution in [3.05, 3.63) is 35.2 Å². The van der Waals surface area contributed by atoms with Gasteiger partial charge in [-0.15, -0.1) is 0 Å². The van der Waals surface area contributed by atoms with E-state index in [1.54, 1.807) is 6.20 Å². The molecule has 1 N–H and O–H groups in total. The van der Waals surface area contributed by atoms with E-state index >= 15 is 0 Å². The van der Waals surface area contributed by atoms with Crippen LogP contribution in [0.5, 0.6) is 0 Å². The van der Waals surface area contributed by atoms with Gasteiger partial charge in [0.25, 0.3) is 0 Å². The average molecular weight is 194 g/mol. The minimum absolute atomic E-state index is 0.469. The van der Waals surface area contributed by atoms with Gasteiger partial charge in [0, 0.05) is 11.9 Å². The summed E-state index contributed by atoms with van der Waals surface area (Å²) in [6.45, 7) is 1.92. The Morgan fingerprint density at radius 1 is 1.38 bits per heavy atom. The number of aromatic amines is 1. The summed E-state index contributed by atoms with van der Waals surface area (Å²) in [7, 11) is 0. The number of halogens is 1. The molecule has 0 spiro atoms. The summed E-state index contributed by atoms with van der Waals surface area (Å²) < 4.78 is 0. The van der Waals surface area contributed by atoms with Crippen LogP contribution in [0.1, 0.15) is 5.69 Å². The van der Waals surface area contributed by atoms with Crippen LogP contribution < -0.4 is 0 Å². The summed E-state index contributed by atoms with van der Waals surface area (Å²) in [4.78, 5) is 4.20. The van der Waals surface area contributed by atoms with Gasteiger partial charge < -0.3 is 0 Å². The molecule has 0 unspecified atom stereocenters. The van der Waals surface area contributed by atoms with Crippen molar-refractivity contribution in [2.45, 2.75) is 6.92 Å². The number of hydrogen-bond donors (Lipinski definition) is 1. The van der Waals surface area contributed by atoms with Gasteiger partial charge in [0.1, 0.15) is 0 Å². The van der Waals surface area contributed by atoms with Crippen molar-refractivity contribution in [3.8, 4) is 11.3 Å². The SMILES string of the molecule is Cc1[nH]nc(Cl)c1-c1ccccn1. The fourth-order valence-electron chi connectivity index (χ4n) is 1.21. The first-order valence-electron chi connectivity index (χ1n) is 3.91. The molecule has 0 aliphatic rings. The highest BCUT2D eigenvalue weighted by molar-refractivity contribution is 6.32. The summed E-state index contributed by atoms with van der Waals surface area (Å²) in [5, 5.41) is 7.18. The maximum atomic E-state index is 5.90. The zero-order valence-electron chi connectivity index (χ0n) is 7.08. The number of hydrogen-bond acceptors (Lipinski definition) is 2. The van der Waals surface area contributed by atoms with Crippen LogP contribution in [0.15, 0.2) is 24.4 Å². The molecule has 4 heteroatoms. The molecule has 0 radical (unpaired) electrons. The van der Waals surface area contributed by atoms with Gasteiger partial charge in [0.15, 0.2) is 5.15 Å². The summed E-state index contributed by atoms with van der Waals surface area (Å²) >= 11 is 5.90. The van der Waals surface area contributed by atoms with Gasteiger partial charge in [-0.25, -0.2) is 0 Å². The Labute approximate surface area is 80.8 Å². The molecule has 3 nitrogen and oxygen atoms in total. The Balaban J connectivity index is 2.59.